The topological polar surface area (TPSA) is 83.6 Å². The third kappa shape index (κ3) is 4.90. The van der Waals surface area contributed by atoms with Crippen LogP contribution in [-0.4, -0.2) is 26.1 Å². The summed E-state index contributed by atoms with van der Waals surface area (Å²) in [4.78, 5) is 20.5. The number of amides is 1. The second-order valence-corrected chi connectivity index (χ2v) is 6.66. The van der Waals surface area contributed by atoms with E-state index >= 15 is 0 Å². The van der Waals surface area contributed by atoms with E-state index in [9.17, 15) is 4.79 Å². The lowest BCUT2D eigenvalue weighted by atomic mass is 10.2. The Morgan fingerprint density at radius 2 is 2.17 bits per heavy atom. The summed E-state index contributed by atoms with van der Waals surface area (Å²) in [5, 5.41) is 13.1. The van der Waals surface area contributed by atoms with Crippen molar-refractivity contribution in [3.05, 3.63) is 58.3 Å². The number of aromatic nitrogens is 4. The zero-order valence-corrected chi connectivity index (χ0v) is 13.9. The highest BCUT2D eigenvalue weighted by Gasteiger charge is 2.09. The molecule has 2 aromatic heterocycles. The summed E-state index contributed by atoms with van der Waals surface area (Å²) >= 11 is 3.04. The van der Waals surface area contributed by atoms with E-state index in [1.54, 1.807) is 0 Å². The summed E-state index contributed by atoms with van der Waals surface area (Å²) in [7, 11) is 0. The normalized spacial score (nSPS) is 10.6. The Morgan fingerprint density at radius 1 is 1.30 bits per heavy atom. The Bertz CT molecular complexity index is 742. The second-order valence-electron chi connectivity index (χ2n) is 4.75. The van der Waals surface area contributed by atoms with Crippen LogP contribution in [0.15, 0.2) is 47.2 Å². The van der Waals surface area contributed by atoms with Crippen molar-refractivity contribution in [1.82, 2.24) is 25.5 Å². The SMILES string of the molecule is O=C(Cc1nc(CSc2ncn[nH]2)cs1)NCc1ccccc1. The molecule has 0 aliphatic rings. The largest absolute Gasteiger partial charge is 0.352 e. The Hall–Kier alpha value is -2.19. The van der Waals surface area contributed by atoms with Crippen molar-refractivity contribution in [2.24, 2.45) is 0 Å². The zero-order valence-electron chi connectivity index (χ0n) is 12.2. The molecule has 0 unspecified atom stereocenters. The molecular formula is C15H15N5OS2. The van der Waals surface area contributed by atoms with Crippen molar-refractivity contribution < 1.29 is 4.79 Å². The summed E-state index contributed by atoms with van der Waals surface area (Å²) in [5.74, 6) is 0.690. The lowest BCUT2D eigenvalue weighted by Crippen LogP contribution is -2.24. The highest BCUT2D eigenvalue weighted by Crippen LogP contribution is 2.20. The summed E-state index contributed by atoms with van der Waals surface area (Å²) in [6.45, 7) is 0.541. The molecule has 1 amide bonds. The summed E-state index contributed by atoms with van der Waals surface area (Å²) in [6, 6.07) is 9.85. The van der Waals surface area contributed by atoms with Gasteiger partial charge in [0.05, 0.1) is 12.1 Å². The van der Waals surface area contributed by atoms with Gasteiger partial charge in [0.1, 0.15) is 11.3 Å². The molecule has 3 aromatic rings. The van der Waals surface area contributed by atoms with E-state index in [1.165, 1.54) is 29.4 Å². The number of hydrogen-bond donors (Lipinski definition) is 2. The Balaban J connectivity index is 1.45. The number of nitrogens with zero attached hydrogens (tertiary/aromatic N) is 3. The van der Waals surface area contributed by atoms with Gasteiger partial charge >= 0.3 is 0 Å². The van der Waals surface area contributed by atoms with Crippen LogP contribution in [0.3, 0.4) is 0 Å². The lowest BCUT2D eigenvalue weighted by molar-refractivity contribution is -0.120. The lowest BCUT2D eigenvalue weighted by Gasteiger charge is -2.03. The summed E-state index contributed by atoms with van der Waals surface area (Å²) in [6.07, 6.45) is 1.79. The number of thioether (sulfide) groups is 1. The van der Waals surface area contributed by atoms with Gasteiger partial charge in [-0.25, -0.2) is 9.97 Å². The van der Waals surface area contributed by atoms with E-state index in [0.717, 1.165) is 21.4 Å². The minimum Gasteiger partial charge on any atom is -0.352 e. The molecule has 0 radical (unpaired) electrons. The van der Waals surface area contributed by atoms with Crippen molar-refractivity contribution in [3.8, 4) is 0 Å². The van der Waals surface area contributed by atoms with Crippen LogP contribution < -0.4 is 5.32 Å². The van der Waals surface area contributed by atoms with Crippen molar-refractivity contribution in [1.29, 1.82) is 0 Å². The molecule has 0 atom stereocenters. The third-order valence-electron chi connectivity index (χ3n) is 2.99. The second kappa shape index (κ2) is 7.89. The molecule has 8 heteroatoms. The first-order valence-corrected chi connectivity index (χ1v) is 8.88. The fraction of sp³-hybridized carbons (Fsp3) is 0.200. The zero-order chi connectivity index (χ0) is 15.9. The molecule has 1 aromatic carbocycles. The maximum Gasteiger partial charge on any atom is 0.227 e. The number of hydrogen-bond acceptors (Lipinski definition) is 6. The molecule has 2 N–H and O–H groups in total. The van der Waals surface area contributed by atoms with Gasteiger partial charge in [0.25, 0.3) is 0 Å². The number of thiazole rings is 1. The minimum absolute atomic E-state index is 0.0161. The predicted molar refractivity (Wildman–Crippen MR) is 90.1 cm³/mol. The number of carbonyl (C=O) groups is 1. The highest BCUT2D eigenvalue weighted by molar-refractivity contribution is 7.98. The Morgan fingerprint density at radius 3 is 2.96 bits per heavy atom. The van der Waals surface area contributed by atoms with Gasteiger partial charge in [-0.1, -0.05) is 42.1 Å². The third-order valence-corrected chi connectivity index (χ3v) is 4.80. The Kier molecular flexibility index (Phi) is 5.38. The fourth-order valence-electron chi connectivity index (χ4n) is 1.90. The monoisotopic (exact) mass is 345 g/mol. The molecule has 3 rings (SSSR count). The molecule has 2 heterocycles. The van der Waals surface area contributed by atoms with E-state index in [2.05, 4.69) is 25.5 Å². The molecule has 0 saturated heterocycles. The predicted octanol–water partition coefficient (Wildman–Crippen LogP) is 2.41. The molecule has 0 fully saturated rings. The highest BCUT2D eigenvalue weighted by atomic mass is 32.2. The van der Waals surface area contributed by atoms with E-state index in [1.807, 2.05) is 35.7 Å². The molecule has 0 saturated carbocycles. The number of rotatable bonds is 7. The first-order chi connectivity index (χ1) is 11.3. The summed E-state index contributed by atoms with van der Waals surface area (Å²) in [5.41, 5.74) is 2.03. The van der Waals surface area contributed by atoms with Crippen molar-refractivity contribution in [2.45, 2.75) is 23.9 Å². The number of carbonyl (C=O) groups excluding carboxylic acids is 1. The van der Waals surface area contributed by atoms with E-state index < -0.39 is 0 Å². The van der Waals surface area contributed by atoms with Gasteiger partial charge in [0, 0.05) is 17.7 Å². The number of H-pyrrole nitrogens is 1. The molecule has 0 aliphatic carbocycles. The van der Waals surface area contributed by atoms with Crippen LogP contribution in [0.2, 0.25) is 0 Å². The number of aromatic amines is 1. The molecule has 23 heavy (non-hydrogen) atoms. The molecular weight excluding hydrogens is 330 g/mol. The van der Waals surface area contributed by atoms with Crippen LogP contribution in [0, 0.1) is 0 Å². The standard InChI is InChI=1S/C15H15N5OS2/c21-13(16-7-11-4-2-1-3-5-11)6-14-19-12(8-22-14)9-23-15-17-10-18-20-15/h1-5,8,10H,6-7,9H2,(H,16,21)(H,17,18,20). The molecule has 6 nitrogen and oxygen atoms in total. The number of nitrogens with one attached hydrogen (secondary N) is 2. The smallest absolute Gasteiger partial charge is 0.227 e. The van der Waals surface area contributed by atoms with Crippen LogP contribution in [0.4, 0.5) is 0 Å². The van der Waals surface area contributed by atoms with Gasteiger partial charge in [-0.3, -0.25) is 9.89 Å². The van der Waals surface area contributed by atoms with Crippen molar-refractivity contribution in [3.63, 3.8) is 0 Å². The molecule has 0 bridgehead atoms. The van der Waals surface area contributed by atoms with Gasteiger partial charge < -0.3 is 5.32 Å². The van der Waals surface area contributed by atoms with Crippen LogP contribution >= 0.6 is 23.1 Å². The van der Waals surface area contributed by atoms with Crippen LogP contribution in [0.5, 0.6) is 0 Å². The summed E-state index contributed by atoms with van der Waals surface area (Å²) < 4.78 is 0. The van der Waals surface area contributed by atoms with E-state index in [0.29, 0.717) is 18.7 Å². The maximum atomic E-state index is 12.0. The van der Waals surface area contributed by atoms with Crippen LogP contribution in [-0.2, 0) is 23.5 Å². The maximum absolute atomic E-state index is 12.0. The fourth-order valence-corrected chi connectivity index (χ4v) is 3.47. The van der Waals surface area contributed by atoms with Gasteiger partial charge in [0.2, 0.25) is 5.91 Å². The quantitative estimate of drug-likeness (QED) is 0.643. The average molecular weight is 345 g/mol. The Labute approximate surface area is 141 Å². The van der Waals surface area contributed by atoms with E-state index in [4.69, 9.17) is 0 Å². The molecule has 0 aliphatic heterocycles. The van der Waals surface area contributed by atoms with E-state index in [-0.39, 0.29) is 5.91 Å². The minimum atomic E-state index is -0.0161. The average Bonchev–Trinajstić information content (AvgIpc) is 3.23. The van der Waals surface area contributed by atoms with Gasteiger partial charge in [0.15, 0.2) is 5.16 Å². The molecule has 118 valence electrons. The van der Waals surface area contributed by atoms with Crippen LogP contribution in [0.1, 0.15) is 16.3 Å². The number of benzene rings is 1. The first kappa shape index (κ1) is 15.7. The first-order valence-electron chi connectivity index (χ1n) is 7.01. The van der Waals surface area contributed by atoms with Gasteiger partial charge in [-0.2, -0.15) is 5.10 Å². The van der Waals surface area contributed by atoms with Crippen LogP contribution in [0.25, 0.3) is 0 Å². The van der Waals surface area contributed by atoms with Crippen molar-refractivity contribution in [2.75, 3.05) is 0 Å². The van der Waals surface area contributed by atoms with Gasteiger partial charge in [-0.15, -0.1) is 11.3 Å². The van der Waals surface area contributed by atoms with Crippen molar-refractivity contribution >= 4 is 29.0 Å². The molecule has 0 spiro atoms. The van der Waals surface area contributed by atoms with Gasteiger partial charge in [-0.05, 0) is 5.56 Å².